The molecule has 1 aliphatic rings. The minimum atomic E-state index is -0.0788. The minimum absolute atomic E-state index is 0.0788. The van der Waals surface area contributed by atoms with Gasteiger partial charge >= 0.3 is 0 Å². The van der Waals surface area contributed by atoms with Gasteiger partial charge in [-0.1, -0.05) is 18.7 Å². The molecule has 1 aromatic heterocycles. The summed E-state index contributed by atoms with van der Waals surface area (Å²) >= 11 is 1.64. The average molecular weight is 239 g/mol. The topological polar surface area (TPSA) is 71.8 Å². The molecule has 3 atom stereocenters. The maximum atomic E-state index is 11.3. The molecule has 1 aliphatic carbocycles. The monoisotopic (exact) mass is 239 g/mol. The summed E-state index contributed by atoms with van der Waals surface area (Å²) in [6.07, 6.45) is 2.17. The standard InChI is InChI=1S/C11H17N3OS/c1-6-5-10(15)14-11(13-6)16-9-4-3-8(12)7(9)2/h5,7-9H,3-4,12H2,1-2H3,(H,13,14,15). The summed E-state index contributed by atoms with van der Waals surface area (Å²) in [6.45, 7) is 4.01. The fourth-order valence-corrected chi connectivity index (χ4v) is 3.39. The number of aromatic nitrogens is 2. The van der Waals surface area contributed by atoms with Crippen LogP contribution in [0.4, 0.5) is 0 Å². The Labute approximate surface area is 99.0 Å². The summed E-state index contributed by atoms with van der Waals surface area (Å²) in [7, 11) is 0. The van der Waals surface area contributed by atoms with E-state index in [2.05, 4.69) is 16.9 Å². The van der Waals surface area contributed by atoms with Crippen molar-refractivity contribution in [2.45, 2.75) is 43.1 Å². The van der Waals surface area contributed by atoms with Crippen LogP contribution in [0.1, 0.15) is 25.5 Å². The van der Waals surface area contributed by atoms with Crippen LogP contribution < -0.4 is 11.3 Å². The molecular weight excluding hydrogens is 222 g/mol. The van der Waals surface area contributed by atoms with Crippen molar-refractivity contribution in [2.75, 3.05) is 0 Å². The van der Waals surface area contributed by atoms with Crippen LogP contribution in [0.15, 0.2) is 16.0 Å². The zero-order valence-electron chi connectivity index (χ0n) is 9.56. The average Bonchev–Trinajstić information content (AvgIpc) is 2.48. The van der Waals surface area contributed by atoms with Gasteiger partial charge in [0.15, 0.2) is 5.16 Å². The van der Waals surface area contributed by atoms with Gasteiger partial charge in [0.1, 0.15) is 0 Å². The number of H-pyrrole nitrogens is 1. The van der Waals surface area contributed by atoms with E-state index in [4.69, 9.17) is 5.73 Å². The van der Waals surface area contributed by atoms with Crippen LogP contribution in [0.5, 0.6) is 0 Å². The molecule has 4 nitrogen and oxygen atoms in total. The highest BCUT2D eigenvalue weighted by Gasteiger charge is 2.31. The predicted octanol–water partition coefficient (Wildman–Crippen LogP) is 1.30. The summed E-state index contributed by atoms with van der Waals surface area (Å²) in [6, 6.07) is 1.79. The van der Waals surface area contributed by atoms with E-state index >= 15 is 0 Å². The molecule has 1 heterocycles. The fourth-order valence-electron chi connectivity index (χ4n) is 2.08. The lowest BCUT2D eigenvalue weighted by atomic mass is 10.1. The molecule has 3 unspecified atom stereocenters. The number of hydrogen-bond acceptors (Lipinski definition) is 4. The van der Waals surface area contributed by atoms with Crippen molar-refractivity contribution in [3.8, 4) is 0 Å². The van der Waals surface area contributed by atoms with Crippen LogP contribution in [-0.2, 0) is 0 Å². The first-order valence-corrected chi connectivity index (χ1v) is 6.44. The fraction of sp³-hybridized carbons (Fsp3) is 0.636. The van der Waals surface area contributed by atoms with E-state index < -0.39 is 0 Å². The number of nitrogens with two attached hydrogens (primary N) is 1. The molecule has 16 heavy (non-hydrogen) atoms. The second-order valence-electron chi connectivity index (χ2n) is 4.45. The third kappa shape index (κ3) is 2.47. The molecule has 0 radical (unpaired) electrons. The highest BCUT2D eigenvalue weighted by molar-refractivity contribution is 7.99. The van der Waals surface area contributed by atoms with E-state index in [1.54, 1.807) is 11.8 Å². The highest BCUT2D eigenvalue weighted by atomic mass is 32.2. The highest BCUT2D eigenvalue weighted by Crippen LogP contribution is 2.36. The Morgan fingerprint density at radius 1 is 1.56 bits per heavy atom. The maximum absolute atomic E-state index is 11.3. The lowest BCUT2D eigenvalue weighted by molar-refractivity contribution is 0.534. The van der Waals surface area contributed by atoms with Gasteiger partial charge in [-0.3, -0.25) is 4.79 Å². The molecule has 0 bridgehead atoms. The first kappa shape index (κ1) is 11.7. The number of nitrogens with zero attached hydrogens (tertiary/aromatic N) is 1. The SMILES string of the molecule is Cc1cc(=O)[nH]c(SC2CCC(N)C2C)n1. The van der Waals surface area contributed by atoms with Crippen LogP contribution in [0.2, 0.25) is 0 Å². The lowest BCUT2D eigenvalue weighted by Gasteiger charge is -2.16. The largest absolute Gasteiger partial charge is 0.327 e. The van der Waals surface area contributed by atoms with E-state index in [1.165, 1.54) is 6.07 Å². The van der Waals surface area contributed by atoms with Gasteiger partial charge in [0, 0.05) is 23.1 Å². The van der Waals surface area contributed by atoms with Crippen LogP contribution in [0, 0.1) is 12.8 Å². The van der Waals surface area contributed by atoms with Crippen LogP contribution in [0.25, 0.3) is 0 Å². The number of aryl methyl sites for hydroxylation is 1. The molecular formula is C11H17N3OS. The Morgan fingerprint density at radius 2 is 2.31 bits per heavy atom. The summed E-state index contributed by atoms with van der Waals surface area (Å²) in [5.74, 6) is 0.482. The van der Waals surface area contributed by atoms with Crippen LogP contribution in [0.3, 0.4) is 0 Å². The number of aromatic amines is 1. The molecule has 2 rings (SSSR count). The van der Waals surface area contributed by atoms with Gasteiger partial charge in [-0.05, 0) is 25.7 Å². The van der Waals surface area contributed by atoms with Crippen molar-refractivity contribution in [1.29, 1.82) is 0 Å². The van der Waals surface area contributed by atoms with Crippen molar-refractivity contribution in [3.63, 3.8) is 0 Å². The van der Waals surface area contributed by atoms with E-state index in [0.717, 1.165) is 23.7 Å². The molecule has 0 aromatic carbocycles. The van der Waals surface area contributed by atoms with Crippen molar-refractivity contribution in [1.82, 2.24) is 9.97 Å². The molecule has 0 spiro atoms. The van der Waals surface area contributed by atoms with E-state index in [1.807, 2.05) is 6.92 Å². The number of thioether (sulfide) groups is 1. The normalized spacial score (nSPS) is 29.6. The molecule has 1 fully saturated rings. The minimum Gasteiger partial charge on any atom is -0.327 e. The zero-order chi connectivity index (χ0) is 11.7. The Kier molecular flexibility index (Phi) is 3.35. The zero-order valence-corrected chi connectivity index (χ0v) is 10.4. The molecule has 0 amide bonds. The molecule has 5 heteroatoms. The maximum Gasteiger partial charge on any atom is 0.251 e. The van der Waals surface area contributed by atoms with Gasteiger partial charge in [-0.15, -0.1) is 0 Å². The number of hydrogen-bond donors (Lipinski definition) is 2. The van der Waals surface area contributed by atoms with Crippen molar-refractivity contribution < 1.29 is 0 Å². The summed E-state index contributed by atoms with van der Waals surface area (Å²) in [4.78, 5) is 18.4. The molecule has 1 saturated carbocycles. The van der Waals surface area contributed by atoms with E-state index in [-0.39, 0.29) is 11.6 Å². The molecule has 0 aliphatic heterocycles. The van der Waals surface area contributed by atoms with Crippen molar-refractivity contribution >= 4 is 11.8 Å². The van der Waals surface area contributed by atoms with Gasteiger partial charge in [0.25, 0.3) is 5.56 Å². The van der Waals surface area contributed by atoms with Crippen LogP contribution >= 0.6 is 11.8 Å². The van der Waals surface area contributed by atoms with Crippen LogP contribution in [-0.4, -0.2) is 21.3 Å². The first-order chi connectivity index (χ1) is 7.56. The van der Waals surface area contributed by atoms with E-state index in [9.17, 15) is 4.79 Å². The Hall–Kier alpha value is -0.810. The van der Waals surface area contributed by atoms with Gasteiger partial charge in [0.05, 0.1) is 0 Å². The van der Waals surface area contributed by atoms with Gasteiger partial charge in [-0.25, -0.2) is 4.98 Å². The second-order valence-corrected chi connectivity index (χ2v) is 5.68. The number of rotatable bonds is 2. The lowest BCUT2D eigenvalue weighted by Crippen LogP contribution is -2.26. The van der Waals surface area contributed by atoms with Crippen molar-refractivity contribution in [2.24, 2.45) is 11.7 Å². The van der Waals surface area contributed by atoms with Gasteiger partial charge < -0.3 is 10.7 Å². The molecule has 3 N–H and O–H groups in total. The smallest absolute Gasteiger partial charge is 0.251 e. The summed E-state index contributed by atoms with van der Waals surface area (Å²) in [5.41, 5.74) is 6.66. The Morgan fingerprint density at radius 3 is 2.88 bits per heavy atom. The van der Waals surface area contributed by atoms with Gasteiger partial charge in [-0.2, -0.15) is 0 Å². The first-order valence-electron chi connectivity index (χ1n) is 5.56. The summed E-state index contributed by atoms with van der Waals surface area (Å²) < 4.78 is 0. The second kappa shape index (κ2) is 4.59. The van der Waals surface area contributed by atoms with Gasteiger partial charge in [0.2, 0.25) is 0 Å². The van der Waals surface area contributed by atoms with E-state index in [0.29, 0.717) is 11.2 Å². The molecule has 88 valence electrons. The predicted molar refractivity (Wildman–Crippen MR) is 65.6 cm³/mol. The third-order valence-corrected chi connectivity index (χ3v) is 4.54. The third-order valence-electron chi connectivity index (χ3n) is 3.16. The molecule has 1 aromatic rings. The Balaban J connectivity index is 2.12. The summed E-state index contributed by atoms with van der Waals surface area (Å²) in [5, 5.41) is 1.19. The number of nitrogens with one attached hydrogen (secondary N) is 1. The Bertz CT molecular complexity index is 431. The molecule has 0 saturated heterocycles. The quantitative estimate of drug-likeness (QED) is 0.763. The van der Waals surface area contributed by atoms with Crippen molar-refractivity contribution in [3.05, 3.63) is 22.1 Å².